The normalized spacial score (nSPS) is 10.9. The highest BCUT2D eigenvalue weighted by molar-refractivity contribution is 6.01. The molecule has 0 saturated heterocycles. The number of carbonyl (C=O) groups excluding carboxylic acids is 1. The molecule has 0 saturated carbocycles. The van der Waals surface area contributed by atoms with Crippen molar-refractivity contribution >= 4 is 22.8 Å². The number of likely N-dealkylation sites (N-methyl/N-ethyl adjacent to an activating group) is 1. The Hall–Kier alpha value is -3.54. The zero-order valence-corrected chi connectivity index (χ0v) is 17.2. The van der Waals surface area contributed by atoms with Crippen molar-refractivity contribution in [2.45, 2.75) is 0 Å². The number of carbonyl (C=O) groups is 1. The van der Waals surface area contributed by atoms with Gasteiger partial charge in [0.1, 0.15) is 5.75 Å². The first-order valence-electron chi connectivity index (χ1n) is 9.07. The summed E-state index contributed by atoms with van der Waals surface area (Å²) in [5, 5.41) is 1.76. The predicted molar refractivity (Wildman–Crippen MR) is 115 cm³/mol. The van der Waals surface area contributed by atoms with Gasteiger partial charge in [0, 0.05) is 42.9 Å². The summed E-state index contributed by atoms with van der Waals surface area (Å²) >= 11 is 0. The molecule has 6 nitrogen and oxygen atoms in total. The first-order chi connectivity index (χ1) is 14.0. The van der Waals surface area contributed by atoms with Crippen LogP contribution >= 0.6 is 0 Å². The molecular weight excluding hydrogens is 368 g/mol. The molecule has 1 aromatic heterocycles. The van der Waals surface area contributed by atoms with Gasteiger partial charge in [0.05, 0.1) is 27.0 Å². The van der Waals surface area contributed by atoms with Gasteiger partial charge in [-0.1, -0.05) is 12.1 Å². The number of para-hydroxylation sites is 1. The van der Waals surface area contributed by atoms with Gasteiger partial charge >= 0.3 is 0 Å². The van der Waals surface area contributed by atoms with Crippen LogP contribution in [0.1, 0.15) is 5.56 Å². The van der Waals surface area contributed by atoms with Crippen LogP contribution < -0.4 is 14.2 Å². The topological polar surface area (TPSA) is 60.9 Å². The van der Waals surface area contributed by atoms with Gasteiger partial charge in [-0.05, 0) is 35.7 Å². The fraction of sp³-hybridized carbons (Fsp3) is 0.217. The number of pyridine rings is 1. The lowest BCUT2D eigenvalue weighted by Crippen LogP contribution is -2.18. The molecule has 1 amide bonds. The maximum Gasteiger partial charge on any atom is 0.246 e. The smallest absolute Gasteiger partial charge is 0.246 e. The van der Waals surface area contributed by atoms with Gasteiger partial charge in [0.15, 0.2) is 11.5 Å². The average Bonchev–Trinajstić information content (AvgIpc) is 2.75. The second kappa shape index (κ2) is 8.65. The Balaban J connectivity index is 2.33. The Morgan fingerprint density at radius 2 is 1.62 bits per heavy atom. The summed E-state index contributed by atoms with van der Waals surface area (Å²) in [5.74, 6) is 1.80. The van der Waals surface area contributed by atoms with Crippen molar-refractivity contribution in [3.8, 4) is 28.5 Å². The standard InChI is InChI=1S/C23H24N2O4/c1-25(2)22(26)11-10-16-18-13-21(29-5)20(28-4)12-15(18)14-24-23(16)17-8-6-7-9-19(17)27-3/h6-14H,1-5H3/b11-10+. The quantitative estimate of drug-likeness (QED) is 0.593. The molecule has 0 radical (unpaired) electrons. The van der Waals surface area contributed by atoms with Crippen LogP contribution in [-0.2, 0) is 4.79 Å². The van der Waals surface area contributed by atoms with Crippen LogP contribution in [0.3, 0.4) is 0 Å². The van der Waals surface area contributed by atoms with E-state index in [1.54, 1.807) is 47.7 Å². The predicted octanol–water partition coefficient (Wildman–Crippen LogP) is 4.03. The number of fused-ring (bicyclic) bond motifs is 1. The highest BCUT2D eigenvalue weighted by Gasteiger charge is 2.16. The number of methoxy groups -OCH3 is 3. The van der Waals surface area contributed by atoms with Crippen molar-refractivity contribution in [3.05, 3.63) is 54.2 Å². The first-order valence-corrected chi connectivity index (χ1v) is 9.07. The maximum absolute atomic E-state index is 12.2. The summed E-state index contributed by atoms with van der Waals surface area (Å²) < 4.78 is 16.4. The van der Waals surface area contributed by atoms with Crippen LogP contribution in [0.15, 0.2) is 48.7 Å². The molecular formula is C23H24N2O4. The average molecular weight is 392 g/mol. The molecule has 3 aromatic rings. The lowest BCUT2D eigenvalue weighted by Gasteiger charge is -2.15. The minimum absolute atomic E-state index is 0.117. The maximum atomic E-state index is 12.2. The fourth-order valence-electron chi connectivity index (χ4n) is 3.09. The molecule has 0 aliphatic carbocycles. The third-order valence-corrected chi connectivity index (χ3v) is 4.63. The Kier molecular flexibility index (Phi) is 6.02. The molecule has 29 heavy (non-hydrogen) atoms. The van der Waals surface area contributed by atoms with E-state index in [9.17, 15) is 4.79 Å². The van der Waals surface area contributed by atoms with E-state index < -0.39 is 0 Å². The zero-order chi connectivity index (χ0) is 21.0. The van der Waals surface area contributed by atoms with E-state index in [-0.39, 0.29) is 5.91 Å². The minimum atomic E-state index is -0.117. The first kappa shape index (κ1) is 20.2. The number of ether oxygens (including phenoxy) is 3. The van der Waals surface area contributed by atoms with Crippen LogP contribution in [0.5, 0.6) is 17.2 Å². The van der Waals surface area contributed by atoms with E-state index >= 15 is 0 Å². The molecule has 0 atom stereocenters. The SMILES string of the molecule is COc1cc2cnc(-c3ccccc3OC)c(/C=C/C(=O)N(C)C)c2cc1OC. The number of hydrogen-bond acceptors (Lipinski definition) is 5. The van der Waals surface area contributed by atoms with Gasteiger partial charge < -0.3 is 19.1 Å². The van der Waals surface area contributed by atoms with Crippen molar-refractivity contribution in [2.75, 3.05) is 35.4 Å². The van der Waals surface area contributed by atoms with Gasteiger partial charge in [0.25, 0.3) is 0 Å². The van der Waals surface area contributed by atoms with E-state index in [1.165, 1.54) is 11.0 Å². The molecule has 3 rings (SSSR count). The third kappa shape index (κ3) is 4.01. The summed E-state index contributed by atoms with van der Waals surface area (Å²) in [6, 6.07) is 11.4. The lowest BCUT2D eigenvalue weighted by molar-refractivity contribution is -0.123. The number of benzene rings is 2. The summed E-state index contributed by atoms with van der Waals surface area (Å²) in [6.07, 6.45) is 5.10. The molecule has 150 valence electrons. The van der Waals surface area contributed by atoms with E-state index in [1.807, 2.05) is 36.4 Å². The van der Waals surface area contributed by atoms with E-state index in [0.717, 1.165) is 21.9 Å². The number of amides is 1. The summed E-state index contributed by atoms with van der Waals surface area (Å²) in [4.78, 5) is 18.4. The highest BCUT2D eigenvalue weighted by Crippen LogP contribution is 2.39. The highest BCUT2D eigenvalue weighted by atomic mass is 16.5. The molecule has 0 spiro atoms. The van der Waals surface area contributed by atoms with Crippen LogP contribution in [-0.4, -0.2) is 51.2 Å². The monoisotopic (exact) mass is 392 g/mol. The number of hydrogen-bond donors (Lipinski definition) is 0. The number of rotatable bonds is 6. The number of nitrogens with zero attached hydrogens (tertiary/aromatic N) is 2. The van der Waals surface area contributed by atoms with E-state index in [0.29, 0.717) is 22.9 Å². The fourth-order valence-corrected chi connectivity index (χ4v) is 3.09. The Labute approximate surface area is 170 Å². The third-order valence-electron chi connectivity index (χ3n) is 4.63. The van der Waals surface area contributed by atoms with Gasteiger partial charge in [-0.2, -0.15) is 0 Å². The van der Waals surface area contributed by atoms with Crippen molar-refractivity contribution in [1.29, 1.82) is 0 Å². The van der Waals surface area contributed by atoms with Crippen molar-refractivity contribution in [1.82, 2.24) is 9.88 Å². The van der Waals surface area contributed by atoms with Crippen LogP contribution in [0.25, 0.3) is 28.1 Å². The van der Waals surface area contributed by atoms with Gasteiger partial charge in [0.2, 0.25) is 5.91 Å². The Morgan fingerprint density at radius 3 is 2.28 bits per heavy atom. The largest absolute Gasteiger partial charge is 0.496 e. The Bertz CT molecular complexity index is 1070. The number of aromatic nitrogens is 1. The van der Waals surface area contributed by atoms with E-state index in [2.05, 4.69) is 4.98 Å². The molecule has 0 fully saturated rings. The summed E-state index contributed by atoms with van der Waals surface area (Å²) in [6.45, 7) is 0. The van der Waals surface area contributed by atoms with E-state index in [4.69, 9.17) is 14.2 Å². The molecule has 6 heteroatoms. The molecule has 0 aliphatic heterocycles. The summed E-state index contributed by atoms with van der Waals surface area (Å²) in [7, 11) is 8.24. The summed E-state index contributed by atoms with van der Waals surface area (Å²) in [5.41, 5.74) is 2.34. The van der Waals surface area contributed by atoms with Crippen LogP contribution in [0.2, 0.25) is 0 Å². The Morgan fingerprint density at radius 1 is 0.966 bits per heavy atom. The van der Waals surface area contributed by atoms with Crippen LogP contribution in [0, 0.1) is 0 Å². The van der Waals surface area contributed by atoms with Gasteiger partial charge in [-0.3, -0.25) is 9.78 Å². The second-order valence-electron chi connectivity index (χ2n) is 6.58. The zero-order valence-electron chi connectivity index (χ0n) is 17.2. The van der Waals surface area contributed by atoms with Crippen molar-refractivity contribution in [3.63, 3.8) is 0 Å². The molecule has 0 bridgehead atoms. The molecule has 2 aromatic carbocycles. The minimum Gasteiger partial charge on any atom is -0.496 e. The molecule has 0 unspecified atom stereocenters. The molecule has 1 heterocycles. The van der Waals surface area contributed by atoms with Gasteiger partial charge in [-0.15, -0.1) is 0 Å². The second-order valence-corrected chi connectivity index (χ2v) is 6.58. The molecule has 0 N–H and O–H groups in total. The van der Waals surface area contributed by atoms with Crippen molar-refractivity contribution < 1.29 is 19.0 Å². The lowest BCUT2D eigenvalue weighted by atomic mass is 9.98. The van der Waals surface area contributed by atoms with Gasteiger partial charge in [-0.25, -0.2) is 0 Å². The van der Waals surface area contributed by atoms with Crippen molar-refractivity contribution in [2.24, 2.45) is 0 Å². The van der Waals surface area contributed by atoms with Crippen LogP contribution in [0.4, 0.5) is 0 Å². The molecule has 0 aliphatic rings.